The number of piperidine rings is 1. The molecule has 1 aromatic heterocycles. The first-order valence-corrected chi connectivity index (χ1v) is 5.76. The van der Waals surface area contributed by atoms with Crippen molar-refractivity contribution in [2.45, 2.75) is 25.4 Å². The van der Waals surface area contributed by atoms with Gasteiger partial charge in [-0.3, -0.25) is 4.90 Å². The molecule has 0 atom stereocenters. The van der Waals surface area contributed by atoms with Crippen LogP contribution < -0.4 is 5.32 Å². The fourth-order valence-electron chi connectivity index (χ4n) is 2.11. The highest BCUT2D eigenvalue weighted by Gasteiger charge is 2.19. The minimum atomic E-state index is -1.05. The van der Waals surface area contributed by atoms with E-state index in [-0.39, 0.29) is 5.69 Å². The van der Waals surface area contributed by atoms with Crippen molar-refractivity contribution in [1.29, 1.82) is 0 Å². The molecule has 0 aromatic carbocycles. The maximum atomic E-state index is 10.7. The van der Waals surface area contributed by atoms with Gasteiger partial charge in [-0.15, -0.1) is 0 Å². The molecule has 1 aliphatic rings. The van der Waals surface area contributed by atoms with Gasteiger partial charge in [0, 0.05) is 12.1 Å². The van der Waals surface area contributed by atoms with Crippen molar-refractivity contribution < 1.29 is 14.4 Å². The van der Waals surface area contributed by atoms with E-state index in [0.29, 0.717) is 18.3 Å². The SMILES string of the molecule is CN(Cc1cc(C(=O)O)no1)C1CCNCC1. The van der Waals surface area contributed by atoms with E-state index in [2.05, 4.69) is 15.4 Å². The quantitative estimate of drug-likeness (QED) is 0.799. The molecule has 0 bridgehead atoms. The third-order valence-corrected chi connectivity index (χ3v) is 3.12. The molecule has 6 nitrogen and oxygen atoms in total. The van der Waals surface area contributed by atoms with Crippen molar-refractivity contribution in [3.63, 3.8) is 0 Å². The van der Waals surface area contributed by atoms with Gasteiger partial charge in [0.05, 0.1) is 6.54 Å². The number of nitrogens with zero attached hydrogens (tertiary/aromatic N) is 2. The summed E-state index contributed by atoms with van der Waals surface area (Å²) in [7, 11) is 2.03. The second kappa shape index (κ2) is 5.29. The Morgan fingerprint density at radius 2 is 2.35 bits per heavy atom. The Balaban J connectivity index is 1.92. The van der Waals surface area contributed by atoms with Crippen LogP contribution in [0, 0.1) is 0 Å². The van der Waals surface area contributed by atoms with Crippen molar-refractivity contribution >= 4 is 5.97 Å². The Morgan fingerprint density at radius 1 is 1.65 bits per heavy atom. The number of carbonyl (C=O) groups is 1. The first-order chi connectivity index (χ1) is 8.16. The van der Waals surface area contributed by atoms with Gasteiger partial charge >= 0.3 is 5.97 Å². The van der Waals surface area contributed by atoms with Crippen LogP contribution in [0.1, 0.15) is 29.1 Å². The number of rotatable bonds is 4. The lowest BCUT2D eigenvalue weighted by Crippen LogP contribution is -2.40. The Kier molecular flexibility index (Phi) is 3.75. The summed E-state index contributed by atoms with van der Waals surface area (Å²) in [5, 5.41) is 15.5. The molecular weight excluding hydrogens is 222 g/mol. The van der Waals surface area contributed by atoms with Crippen LogP contribution in [0.5, 0.6) is 0 Å². The normalized spacial score (nSPS) is 17.5. The predicted molar refractivity (Wildman–Crippen MR) is 60.8 cm³/mol. The zero-order chi connectivity index (χ0) is 12.3. The molecule has 6 heteroatoms. The van der Waals surface area contributed by atoms with E-state index >= 15 is 0 Å². The lowest BCUT2D eigenvalue weighted by Gasteiger charge is -2.30. The van der Waals surface area contributed by atoms with Gasteiger partial charge in [0.1, 0.15) is 0 Å². The van der Waals surface area contributed by atoms with E-state index in [1.807, 2.05) is 7.05 Å². The molecule has 1 fully saturated rings. The number of hydrogen-bond acceptors (Lipinski definition) is 5. The van der Waals surface area contributed by atoms with Gasteiger partial charge in [0.15, 0.2) is 11.5 Å². The van der Waals surface area contributed by atoms with E-state index in [1.165, 1.54) is 6.07 Å². The Labute approximate surface area is 99.6 Å². The number of carboxylic acids is 1. The highest BCUT2D eigenvalue weighted by molar-refractivity contribution is 5.85. The van der Waals surface area contributed by atoms with Crippen molar-refractivity contribution in [2.75, 3.05) is 20.1 Å². The van der Waals surface area contributed by atoms with Gasteiger partial charge in [0.25, 0.3) is 0 Å². The van der Waals surface area contributed by atoms with Gasteiger partial charge in [-0.05, 0) is 33.0 Å². The molecule has 0 aliphatic carbocycles. The first kappa shape index (κ1) is 12.1. The fourth-order valence-corrected chi connectivity index (χ4v) is 2.11. The molecule has 1 saturated heterocycles. The van der Waals surface area contributed by atoms with Crippen LogP contribution in [0.25, 0.3) is 0 Å². The van der Waals surface area contributed by atoms with Gasteiger partial charge in [-0.2, -0.15) is 0 Å². The largest absolute Gasteiger partial charge is 0.476 e. The average Bonchev–Trinajstić information content (AvgIpc) is 2.79. The van der Waals surface area contributed by atoms with Crippen molar-refractivity contribution in [2.24, 2.45) is 0 Å². The minimum Gasteiger partial charge on any atom is -0.476 e. The molecule has 0 unspecified atom stereocenters. The number of aromatic carboxylic acids is 1. The second-order valence-corrected chi connectivity index (χ2v) is 4.38. The molecule has 0 spiro atoms. The molecular formula is C11H17N3O3. The summed E-state index contributed by atoms with van der Waals surface area (Å²) in [6, 6.07) is 2.01. The Bertz CT molecular complexity index is 385. The maximum Gasteiger partial charge on any atom is 0.358 e. The van der Waals surface area contributed by atoms with Crippen LogP contribution in [-0.2, 0) is 6.54 Å². The molecule has 2 heterocycles. The van der Waals surface area contributed by atoms with E-state index in [1.54, 1.807) is 0 Å². The van der Waals surface area contributed by atoms with E-state index in [0.717, 1.165) is 25.9 Å². The summed E-state index contributed by atoms with van der Waals surface area (Å²) in [6.45, 7) is 2.67. The Hall–Kier alpha value is -1.40. The van der Waals surface area contributed by atoms with E-state index in [9.17, 15) is 4.79 Å². The van der Waals surface area contributed by atoms with Crippen LogP contribution >= 0.6 is 0 Å². The van der Waals surface area contributed by atoms with Gasteiger partial charge in [-0.25, -0.2) is 4.79 Å². The molecule has 17 heavy (non-hydrogen) atoms. The summed E-state index contributed by atoms with van der Waals surface area (Å²) in [4.78, 5) is 12.8. The van der Waals surface area contributed by atoms with Crippen molar-refractivity contribution in [3.8, 4) is 0 Å². The van der Waals surface area contributed by atoms with Gasteiger partial charge < -0.3 is 14.9 Å². The topological polar surface area (TPSA) is 78.6 Å². The minimum absolute atomic E-state index is 0.0290. The monoisotopic (exact) mass is 239 g/mol. The van der Waals surface area contributed by atoms with Crippen molar-refractivity contribution in [1.82, 2.24) is 15.4 Å². The molecule has 2 rings (SSSR count). The summed E-state index contributed by atoms with van der Waals surface area (Å²) in [5.74, 6) is -0.451. The third-order valence-electron chi connectivity index (χ3n) is 3.12. The molecule has 94 valence electrons. The fraction of sp³-hybridized carbons (Fsp3) is 0.636. The van der Waals surface area contributed by atoms with E-state index < -0.39 is 5.97 Å². The maximum absolute atomic E-state index is 10.7. The number of aromatic nitrogens is 1. The van der Waals surface area contributed by atoms with Crippen LogP contribution in [0.4, 0.5) is 0 Å². The lowest BCUT2D eigenvalue weighted by molar-refractivity contribution is 0.0685. The van der Waals surface area contributed by atoms with Crippen LogP contribution in [0.15, 0.2) is 10.6 Å². The Morgan fingerprint density at radius 3 is 2.94 bits per heavy atom. The molecule has 1 aromatic rings. The van der Waals surface area contributed by atoms with E-state index in [4.69, 9.17) is 9.63 Å². The first-order valence-electron chi connectivity index (χ1n) is 5.76. The van der Waals surface area contributed by atoms with Crippen molar-refractivity contribution in [3.05, 3.63) is 17.5 Å². The molecule has 0 amide bonds. The number of nitrogens with one attached hydrogen (secondary N) is 1. The smallest absolute Gasteiger partial charge is 0.358 e. The van der Waals surface area contributed by atoms with Gasteiger partial charge in [-0.1, -0.05) is 5.16 Å². The average molecular weight is 239 g/mol. The third kappa shape index (κ3) is 3.04. The molecule has 0 radical (unpaired) electrons. The second-order valence-electron chi connectivity index (χ2n) is 4.38. The highest BCUT2D eigenvalue weighted by Crippen LogP contribution is 2.14. The number of hydrogen-bond donors (Lipinski definition) is 2. The summed E-state index contributed by atoms with van der Waals surface area (Å²) in [6.07, 6.45) is 2.22. The zero-order valence-electron chi connectivity index (χ0n) is 9.85. The van der Waals surface area contributed by atoms with Crippen LogP contribution in [-0.4, -0.2) is 47.3 Å². The number of carboxylic acid groups (broad SMARTS) is 1. The molecule has 1 aliphatic heterocycles. The summed E-state index contributed by atoms with van der Waals surface area (Å²) < 4.78 is 5.00. The van der Waals surface area contributed by atoms with Crippen LogP contribution in [0.2, 0.25) is 0 Å². The zero-order valence-corrected chi connectivity index (χ0v) is 9.85. The summed E-state index contributed by atoms with van der Waals surface area (Å²) >= 11 is 0. The highest BCUT2D eigenvalue weighted by atomic mass is 16.5. The standard InChI is InChI=1S/C11H17N3O3/c1-14(8-2-4-12-5-3-8)7-9-6-10(11(15)16)13-17-9/h6,8,12H,2-5,7H2,1H3,(H,15,16). The van der Waals surface area contributed by atoms with Crippen LogP contribution in [0.3, 0.4) is 0 Å². The molecule has 0 saturated carbocycles. The van der Waals surface area contributed by atoms with Gasteiger partial charge in [0.2, 0.25) is 0 Å². The summed E-state index contributed by atoms with van der Waals surface area (Å²) in [5.41, 5.74) is -0.0290. The lowest BCUT2D eigenvalue weighted by atomic mass is 10.1. The predicted octanol–water partition coefficient (Wildman–Crippen LogP) is 0.557. The molecule has 2 N–H and O–H groups in total.